The summed E-state index contributed by atoms with van der Waals surface area (Å²) in [6.07, 6.45) is 1.09. The van der Waals surface area contributed by atoms with Crippen LogP contribution >= 0.6 is 23.4 Å². The maximum absolute atomic E-state index is 13.6. The molecule has 0 saturated heterocycles. The van der Waals surface area contributed by atoms with Crippen molar-refractivity contribution in [2.24, 2.45) is 0 Å². The highest BCUT2D eigenvalue weighted by Gasteiger charge is 2.43. The summed E-state index contributed by atoms with van der Waals surface area (Å²) in [4.78, 5) is 28.4. The first-order valence-electron chi connectivity index (χ1n) is 15.8. The number of amides is 1. The first kappa shape index (κ1) is 37.1. The molecule has 0 unspecified atom stereocenters. The monoisotopic (exact) mass is 669 g/mol. The van der Waals surface area contributed by atoms with Gasteiger partial charge in [0.25, 0.3) is 0 Å². The van der Waals surface area contributed by atoms with Gasteiger partial charge in [-0.15, -0.1) is 0 Å². The highest BCUT2D eigenvalue weighted by Crippen LogP contribution is 2.39. The van der Waals surface area contributed by atoms with Gasteiger partial charge >= 0.3 is 12.1 Å². The Morgan fingerprint density at radius 3 is 2.13 bits per heavy atom. The Balaban J connectivity index is 1.84. The van der Waals surface area contributed by atoms with Gasteiger partial charge in [0.05, 0.1) is 11.5 Å². The van der Waals surface area contributed by atoms with Gasteiger partial charge in [-0.05, 0) is 109 Å². The highest BCUT2D eigenvalue weighted by atomic mass is 35.5. The zero-order chi connectivity index (χ0) is 34.0. The van der Waals surface area contributed by atoms with Crippen LogP contribution in [0, 0.1) is 0 Å². The number of nitrogens with one attached hydrogen (secondary N) is 1. The SMILES string of the molecule is CCC[C@@](CCc1ccc(Sc2cc(OCC)ccc2OCc2ccccc2)cc1Cl)(NC(=O)OC(C)(C)C)C(=O)OC(C)(C)C. The van der Waals surface area contributed by atoms with Crippen LogP contribution in [0.3, 0.4) is 0 Å². The lowest BCUT2D eigenvalue weighted by Gasteiger charge is -2.36. The Morgan fingerprint density at radius 1 is 0.826 bits per heavy atom. The third-order valence-electron chi connectivity index (χ3n) is 6.74. The standard InChI is InChI=1S/C37H48ClNO6S/c1-9-21-37(33(40)44-35(3,4)5,39-34(41)45-36(6,7)8)22-20-27-16-18-29(24-30(27)38)46-32-23-28(42-10-2)17-19-31(32)43-25-26-14-12-11-13-15-26/h11-19,23-24H,9-10,20-22,25H2,1-8H3,(H,39,41)/t37-/m0/s1. The molecule has 3 aromatic rings. The van der Waals surface area contributed by atoms with E-state index in [9.17, 15) is 9.59 Å². The van der Waals surface area contributed by atoms with E-state index in [4.69, 9.17) is 30.5 Å². The third kappa shape index (κ3) is 11.8. The minimum Gasteiger partial charge on any atom is -0.494 e. The third-order valence-corrected chi connectivity index (χ3v) is 8.12. The zero-order valence-electron chi connectivity index (χ0n) is 28.3. The van der Waals surface area contributed by atoms with E-state index >= 15 is 0 Å². The second-order valence-electron chi connectivity index (χ2n) is 13.1. The number of ether oxygens (including phenoxy) is 4. The smallest absolute Gasteiger partial charge is 0.408 e. The van der Waals surface area contributed by atoms with Crippen molar-refractivity contribution in [3.63, 3.8) is 0 Å². The molecule has 1 N–H and O–H groups in total. The topological polar surface area (TPSA) is 83.1 Å². The predicted molar refractivity (Wildman–Crippen MR) is 185 cm³/mol. The molecule has 0 radical (unpaired) electrons. The van der Waals surface area contributed by atoms with Crippen molar-refractivity contribution in [3.05, 3.63) is 82.9 Å². The van der Waals surface area contributed by atoms with Crippen molar-refractivity contribution in [1.29, 1.82) is 0 Å². The number of benzene rings is 3. The molecular weight excluding hydrogens is 622 g/mol. The van der Waals surface area contributed by atoms with Crippen LogP contribution in [0.25, 0.3) is 0 Å². The first-order valence-corrected chi connectivity index (χ1v) is 17.0. The number of hydrogen-bond donors (Lipinski definition) is 1. The van der Waals surface area contributed by atoms with Crippen LogP contribution in [0.2, 0.25) is 5.02 Å². The maximum atomic E-state index is 13.6. The molecule has 250 valence electrons. The molecule has 0 aromatic heterocycles. The fourth-order valence-electron chi connectivity index (χ4n) is 4.76. The second kappa shape index (κ2) is 16.5. The van der Waals surface area contributed by atoms with Crippen LogP contribution in [-0.4, -0.2) is 35.4 Å². The summed E-state index contributed by atoms with van der Waals surface area (Å²) in [5, 5.41) is 3.44. The number of rotatable bonds is 14. The number of carbonyl (C=O) groups is 2. The molecule has 0 aliphatic carbocycles. The van der Waals surface area contributed by atoms with Crippen LogP contribution in [0.4, 0.5) is 4.79 Å². The van der Waals surface area contributed by atoms with Crippen molar-refractivity contribution in [3.8, 4) is 11.5 Å². The molecule has 46 heavy (non-hydrogen) atoms. The molecule has 1 atom stereocenters. The van der Waals surface area contributed by atoms with E-state index < -0.39 is 28.8 Å². The van der Waals surface area contributed by atoms with Gasteiger partial charge in [-0.2, -0.15) is 0 Å². The summed E-state index contributed by atoms with van der Waals surface area (Å²) in [7, 11) is 0. The van der Waals surface area contributed by atoms with Crippen LogP contribution in [0.1, 0.15) is 85.8 Å². The van der Waals surface area contributed by atoms with E-state index in [0.29, 0.717) is 37.5 Å². The normalized spacial score (nSPS) is 13.0. The number of halogens is 1. The van der Waals surface area contributed by atoms with E-state index in [1.54, 1.807) is 20.8 Å². The van der Waals surface area contributed by atoms with E-state index in [1.807, 2.05) is 101 Å². The van der Waals surface area contributed by atoms with Gasteiger partial charge in [0.1, 0.15) is 34.8 Å². The van der Waals surface area contributed by atoms with Gasteiger partial charge in [0.15, 0.2) is 0 Å². The van der Waals surface area contributed by atoms with Crippen molar-refractivity contribution in [1.82, 2.24) is 5.32 Å². The van der Waals surface area contributed by atoms with Gasteiger partial charge in [-0.1, -0.05) is 73.1 Å². The Hall–Kier alpha value is -3.36. The molecule has 0 aliphatic rings. The van der Waals surface area contributed by atoms with Crippen LogP contribution < -0.4 is 14.8 Å². The van der Waals surface area contributed by atoms with E-state index in [2.05, 4.69) is 5.32 Å². The maximum Gasteiger partial charge on any atom is 0.408 e. The first-order chi connectivity index (χ1) is 21.6. The molecule has 1 amide bonds. The van der Waals surface area contributed by atoms with Crippen LogP contribution in [-0.2, 0) is 27.3 Å². The summed E-state index contributed by atoms with van der Waals surface area (Å²) in [6, 6.07) is 21.7. The van der Waals surface area contributed by atoms with Crippen molar-refractivity contribution < 1.29 is 28.5 Å². The van der Waals surface area contributed by atoms with Gasteiger partial charge in [-0.25, -0.2) is 9.59 Å². The molecule has 0 spiro atoms. The fourth-order valence-corrected chi connectivity index (χ4v) is 6.06. The number of hydrogen-bond acceptors (Lipinski definition) is 7. The fraction of sp³-hybridized carbons (Fsp3) is 0.459. The molecule has 0 bridgehead atoms. The molecular formula is C37H48ClNO6S. The minimum absolute atomic E-state index is 0.287. The van der Waals surface area contributed by atoms with E-state index in [1.165, 1.54) is 11.8 Å². The van der Waals surface area contributed by atoms with E-state index in [0.717, 1.165) is 32.4 Å². The molecule has 9 heteroatoms. The minimum atomic E-state index is -1.29. The Bertz CT molecular complexity index is 1450. The highest BCUT2D eigenvalue weighted by molar-refractivity contribution is 7.99. The molecule has 0 saturated carbocycles. The van der Waals surface area contributed by atoms with Gasteiger partial charge < -0.3 is 24.3 Å². The number of carbonyl (C=O) groups excluding carboxylic acids is 2. The van der Waals surface area contributed by atoms with Gasteiger partial charge in [-0.3, -0.25) is 0 Å². The van der Waals surface area contributed by atoms with Gasteiger partial charge in [0, 0.05) is 9.92 Å². The van der Waals surface area contributed by atoms with Crippen LogP contribution in [0.15, 0.2) is 76.5 Å². The van der Waals surface area contributed by atoms with Crippen molar-refractivity contribution >= 4 is 35.4 Å². The number of alkyl carbamates (subject to hydrolysis) is 1. The average molecular weight is 670 g/mol. The lowest BCUT2D eigenvalue weighted by Crippen LogP contribution is -2.57. The largest absolute Gasteiger partial charge is 0.494 e. The van der Waals surface area contributed by atoms with Crippen molar-refractivity contribution in [2.45, 2.75) is 114 Å². The second-order valence-corrected chi connectivity index (χ2v) is 14.7. The molecule has 0 fully saturated rings. The molecule has 7 nitrogen and oxygen atoms in total. The molecule has 0 aliphatic heterocycles. The summed E-state index contributed by atoms with van der Waals surface area (Å²) >= 11 is 8.38. The summed E-state index contributed by atoms with van der Waals surface area (Å²) < 4.78 is 23.3. The Labute approximate surface area is 283 Å². The number of esters is 1. The zero-order valence-corrected chi connectivity index (χ0v) is 29.9. The summed E-state index contributed by atoms with van der Waals surface area (Å²) in [5.41, 5.74) is -0.811. The van der Waals surface area contributed by atoms with Crippen molar-refractivity contribution in [2.75, 3.05) is 6.61 Å². The van der Waals surface area contributed by atoms with E-state index in [-0.39, 0.29) is 6.42 Å². The molecule has 3 rings (SSSR count). The quantitative estimate of drug-likeness (QED) is 0.171. The Kier molecular flexibility index (Phi) is 13.3. The van der Waals surface area contributed by atoms with Gasteiger partial charge in [0.2, 0.25) is 0 Å². The average Bonchev–Trinajstić information content (AvgIpc) is 2.95. The number of aryl methyl sites for hydroxylation is 1. The lowest BCUT2D eigenvalue weighted by molar-refractivity contribution is -0.164. The molecule has 0 heterocycles. The molecule has 3 aromatic carbocycles. The summed E-state index contributed by atoms with van der Waals surface area (Å²) in [6.45, 7) is 15.7. The predicted octanol–water partition coefficient (Wildman–Crippen LogP) is 9.81. The summed E-state index contributed by atoms with van der Waals surface area (Å²) in [5.74, 6) is 1.01. The van der Waals surface area contributed by atoms with Crippen LogP contribution in [0.5, 0.6) is 11.5 Å². The lowest BCUT2D eigenvalue weighted by atomic mass is 9.86. The Morgan fingerprint density at radius 2 is 1.52 bits per heavy atom.